The Bertz CT molecular complexity index is 2530. The van der Waals surface area contributed by atoms with E-state index in [0.717, 1.165) is 16.9 Å². The van der Waals surface area contributed by atoms with Crippen molar-refractivity contribution in [1.82, 2.24) is 57.0 Å². The van der Waals surface area contributed by atoms with Crippen molar-refractivity contribution in [3.63, 3.8) is 0 Å². The Hall–Kier alpha value is -8.25. The molecule has 1 aliphatic rings. The van der Waals surface area contributed by atoms with Gasteiger partial charge in [0.15, 0.2) is 5.96 Å². The van der Waals surface area contributed by atoms with Gasteiger partial charge in [-0.1, -0.05) is 89.9 Å². The number of aromatic hydroxyl groups is 1. The lowest BCUT2D eigenvalue weighted by atomic mass is 9.96. The van der Waals surface area contributed by atoms with E-state index in [-0.39, 0.29) is 63.7 Å². The number of imidazole rings is 1. The Morgan fingerprint density at radius 2 is 1.46 bits per heavy atom. The molecule has 25 nitrogen and oxygen atoms in total. The second-order valence-corrected chi connectivity index (χ2v) is 20.3. The fourth-order valence-corrected chi connectivity index (χ4v) is 8.62. The minimum atomic E-state index is -1.40. The first-order valence-corrected chi connectivity index (χ1v) is 27.2. The van der Waals surface area contributed by atoms with E-state index >= 15 is 0 Å². The summed E-state index contributed by atoms with van der Waals surface area (Å²) in [4.78, 5) is 134. The van der Waals surface area contributed by atoms with Gasteiger partial charge in [0, 0.05) is 39.2 Å². The van der Waals surface area contributed by atoms with Gasteiger partial charge in [-0.05, 0) is 74.1 Å². The Kier molecular flexibility index (Phi) is 26.2. The van der Waals surface area contributed by atoms with Gasteiger partial charge < -0.3 is 72.3 Å². The van der Waals surface area contributed by atoms with Gasteiger partial charge in [-0.3, -0.25) is 39.0 Å². The van der Waals surface area contributed by atoms with Crippen LogP contribution in [0.15, 0.2) is 67.1 Å². The van der Waals surface area contributed by atoms with E-state index in [1.165, 1.54) is 37.3 Å². The lowest BCUT2D eigenvalue weighted by molar-refractivity contribution is -0.148. The molecule has 2 heterocycles. The van der Waals surface area contributed by atoms with Gasteiger partial charge in [-0.25, -0.2) is 14.6 Å². The van der Waals surface area contributed by atoms with Crippen molar-refractivity contribution in [3.8, 4) is 5.75 Å². The number of aromatic amines is 1. The molecule has 0 aliphatic carbocycles. The number of carbonyl (C=O) groups excluding carboxylic acids is 9. The molecule has 12 N–H and O–H groups in total. The van der Waals surface area contributed by atoms with E-state index < -0.39 is 114 Å². The summed E-state index contributed by atoms with van der Waals surface area (Å²) in [5.41, 5.74) is 7.11. The number of esters is 1. The summed E-state index contributed by atoms with van der Waals surface area (Å²) >= 11 is 0. The number of ether oxygens (including phenoxy) is 2. The molecule has 438 valence electrons. The third-order valence-electron chi connectivity index (χ3n) is 13.5. The van der Waals surface area contributed by atoms with E-state index in [9.17, 15) is 48.3 Å². The van der Waals surface area contributed by atoms with E-state index in [2.05, 4.69) is 47.2 Å². The van der Waals surface area contributed by atoms with Crippen molar-refractivity contribution < 1.29 is 57.7 Å². The minimum Gasteiger partial charge on any atom is -0.508 e. The Labute approximate surface area is 466 Å². The zero-order valence-corrected chi connectivity index (χ0v) is 46.8. The number of nitrogens with zero attached hydrogens (tertiary/aromatic N) is 3. The fourth-order valence-electron chi connectivity index (χ4n) is 8.62. The van der Waals surface area contributed by atoms with Crippen molar-refractivity contribution in [2.75, 3.05) is 33.3 Å². The predicted molar refractivity (Wildman–Crippen MR) is 295 cm³/mol. The van der Waals surface area contributed by atoms with Gasteiger partial charge >= 0.3 is 12.1 Å². The van der Waals surface area contributed by atoms with E-state index in [0.29, 0.717) is 36.9 Å². The first-order chi connectivity index (χ1) is 38.1. The van der Waals surface area contributed by atoms with Crippen LogP contribution >= 0.6 is 0 Å². The number of phenols is 1. The van der Waals surface area contributed by atoms with Crippen LogP contribution in [-0.4, -0.2) is 160 Å². The molecule has 5 unspecified atom stereocenters. The minimum absolute atomic E-state index is 0.00996. The number of guanidine groups is 1. The molecule has 8 amide bonds. The number of nitrogens with one attached hydrogen (secondary N) is 9. The summed E-state index contributed by atoms with van der Waals surface area (Å²) in [6, 6.07) is 6.38. The highest BCUT2D eigenvalue weighted by atomic mass is 16.6. The van der Waals surface area contributed by atoms with Crippen LogP contribution in [-0.2, 0) is 67.3 Å². The van der Waals surface area contributed by atoms with Crippen molar-refractivity contribution in [1.29, 1.82) is 5.41 Å². The van der Waals surface area contributed by atoms with Crippen LogP contribution in [0.1, 0.15) is 103 Å². The van der Waals surface area contributed by atoms with Gasteiger partial charge in [0.2, 0.25) is 41.4 Å². The smallest absolute Gasteiger partial charge is 0.410 e. The quantitative estimate of drug-likeness (QED) is 0.0188. The van der Waals surface area contributed by atoms with Gasteiger partial charge in [0.05, 0.1) is 18.6 Å². The highest BCUT2D eigenvalue weighted by Gasteiger charge is 2.41. The van der Waals surface area contributed by atoms with Crippen molar-refractivity contribution in [3.05, 3.63) is 83.9 Å². The van der Waals surface area contributed by atoms with Crippen LogP contribution in [0.3, 0.4) is 0 Å². The number of rotatable bonds is 31. The Balaban J connectivity index is 1.55. The summed E-state index contributed by atoms with van der Waals surface area (Å²) in [6.45, 7) is 10.3. The summed E-state index contributed by atoms with van der Waals surface area (Å²) in [5, 5.41) is 36.6. The summed E-state index contributed by atoms with van der Waals surface area (Å²) in [7, 11) is 1.36. The molecule has 0 saturated carbocycles. The molecule has 3 aromatic rings. The number of unbranched alkanes of at least 4 members (excludes halogenated alkanes) is 1. The number of likely N-dealkylation sites (tertiary alicyclic amines) is 1. The number of hydrogen-bond donors (Lipinski definition) is 11. The molecule has 1 saturated heterocycles. The maximum absolute atomic E-state index is 14.7. The largest absolute Gasteiger partial charge is 0.508 e. The van der Waals surface area contributed by atoms with Crippen LogP contribution in [0.2, 0.25) is 0 Å². The van der Waals surface area contributed by atoms with Crippen LogP contribution in [0, 0.1) is 17.2 Å². The average Bonchev–Trinajstić information content (AvgIpc) is 4.15. The fraction of sp³-hybridized carbons (Fsp3) is 0.545. The third-order valence-corrected chi connectivity index (χ3v) is 13.5. The van der Waals surface area contributed by atoms with Crippen molar-refractivity contribution in [2.24, 2.45) is 17.6 Å². The number of nitrogens with two attached hydrogens (primary N) is 1. The number of aromatic nitrogens is 2. The van der Waals surface area contributed by atoms with E-state index in [1.54, 1.807) is 70.3 Å². The highest BCUT2D eigenvalue weighted by molar-refractivity contribution is 5.98. The molecule has 1 aliphatic heterocycles. The summed E-state index contributed by atoms with van der Waals surface area (Å²) < 4.78 is 10.6. The van der Waals surface area contributed by atoms with Gasteiger partial charge in [0.25, 0.3) is 0 Å². The number of H-pyrrole nitrogens is 1. The second-order valence-electron chi connectivity index (χ2n) is 20.3. The van der Waals surface area contributed by atoms with Crippen LogP contribution in [0.5, 0.6) is 5.75 Å². The SMILES string of the molecule is CCCCOC(=O)[C@@H](C)NC(=O)C1CCCN1C(=O)C(Cc1c[nH]cn1)NC(=O)[C@@H](NC(=O)C(Cc1ccc(O)cc1)NC(=O)[C@@H](NC(=O)C(CCCNC(=N)N)NC(=O)CN(C)C(=O)OCc1ccccc1)C(C)C)C(C)CC. The number of carbonyl (C=O) groups is 9. The molecule has 0 radical (unpaired) electrons. The molecular weight excluding hydrogens is 1030 g/mol. The summed E-state index contributed by atoms with van der Waals surface area (Å²) in [6.07, 6.45) is 4.79. The first kappa shape index (κ1) is 64.3. The number of hydrogen-bond acceptors (Lipinski definition) is 14. The van der Waals surface area contributed by atoms with Crippen LogP contribution < -0.4 is 43.0 Å². The Morgan fingerprint density at radius 3 is 2.10 bits per heavy atom. The second kappa shape index (κ2) is 32.6. The normalized spacial score (nSPS) is 15.6. The topological polar surface area (TPSA) is 362 Å². The highest BCUT2D eigenvalue weighted by Crippen LogP contribution is 2.21. The average molecular weight is 1120 g/mol. The summed E-state index contributed by atoms with van der Waals surface area (Å²) in [5.74, 6) is -7.09. The maximum atomic E-state index is 14.7. The van der Waals surface area contributed by atoms with E-state index in [1.807, 2.05) is 13.0 Å². The van der Waals surface area contributed by atoms with Crippen molar-refractivity contribution >= 4 is 59.4 Å². The lowest BCUT2D eigenvalue weighted by Crippen LogP contribution is -2.62. The van der Waals surface area contributed by atoms with Gasteiger partial charge in [0.1, 0.15) is 61.2 Å². The van der Waals surface area contributed by atoms with Gasteiger partial charge in [-0.15, -0.1) is 0 Å². The molecular formula is C55H81N13O12. The lowest BCUT2D eigenvalue weighted by Gasteiger charge is -2.32. The Morgan fingerprint density at radius 1 is 0.800 bits per heavy atom. The maximum Gasteiger partial charge on any atom is 0.410 e. The first-order valence-electron chi connectivity index (χ1n) is 27.2. The van der Waals surface area contributed by atoms with Crippen LogP contribution in [0.4, 0.5) is 4.79 Å². The standard InChI is InChI=1S/C55H81N13O12/c1-8-10-26-79-53(77)35(6)61-49(73)43-19-15-25-68(43)52(76)42(28-38-29-58-32-60-38)64-51(75)46(34(5)9-2)66-48(72)41(27-36-20-22-39(69)23-21-36)63-50(74)45(33(3)4)65-47(71)40(18-14-24-59-54(56)57)62-44(70)30-67(7)55(78)80-31-37-16-12-11-13-17-37/h11-13,16-17,20-23,29,32-35,40-43,45-46,69H,8-10,14-15,18-19,24-28,30-31H2,1-7H3,(H,58,60)(H,61,73)(H,62,70)(H,63,74)(H,64,75)(H,65,71)(H,66,72)(H4,56,57,59)/t34?,35-,40?,41?,42?,43?,45+,46+/m1/s1. The molecule has 4 rings (SSSR count). The van der Waals surface area contributed by atoms with Gasteiger partial charge in [-0.2, -0.15) is 0 Å². The number of amides is 8. The van der Waals surface area contributed by atoms with Crippen molar-refractivity contribution in [2.45, 2.75) is 148 Å². The molecule has 8 atom stereocenters. The van der Waals surface area contributed by atoms with E-state index in [4.69, 9.17) is 20.6 Å². The molecule has 2 aromatic carbocycles. The zero-order valence-electron chi connectivity index (χ0n) is 46.8. The predicted octanol–water partition coefficient (Wildman–Crippen LogP) is 1.40. The monoisotopic (exact) mass is 1120 g/mol. The zero-order chi connectivity index (χ0) is 58.9. The number of phenolic OH excluding ortho intramolecular Hbond substituents is 1. The number of benzene rings is 2. The molecule has 0 bridgehead atoms. The molecule has 80 heavy (non-hydrogen) atoms. The van der Waals surface area contributed by atoms with Crippen LogP contribution in [0.25, 0.3) is 0 Å². The molecule has 25 heteroatoms. The molecule has 0 spiro atoms. The number of likely N-dealkylation sites (N-methyl/N-ethyl adjacent to an activating group) is 1. The molecule has 1 aromatic heterocycles. The third kappa shape index (κ3) is 20.8. The molecule has 1 fully saturated rings.